The number of amides is 1. The van der Waals surface area contributed by atoms with Gasteiger partial charge in [-0.3, -0.25) is 4.79 Å². The normalized spacial score (nSPS) is 27.8. The average molecular weight is 217 g/mol. The van der Waals surface area contributed by atoms with Crippen LogP contribution in [-0.4, -0.2) is 29.1 Å². The topological polar surface area (TPSA) is 40.5 Å². The number of aliphatic hydroxyl groups is 1. The van der Waals surface area contributed by atoms with Gasteiger partial charge in [-0.15, -0.1) is 0 Å². The SMILES string of the molecule is O=C1CC(CO)C2c3ccccc3CCN12. The molecule has 0 aliphatic carbocycles. The lowest BCUT2D eigenvalue weighted by atomic mass is 9.87. The fraction of sp³-hybridized carbons (Fsp3) is 0.462. The van der Waals surface area contributed by atoms with E-state index in [1.165, 1.54) is 11.1 Å². The van der Waals surface area contributed by atoms with Crippen LogP contribution >= 0.6 is 0 Å². The summed E-state index contributed by atoms with van der Waals surface area (Å²) in [5, 5.41) is 9.37. The van der Waals surface area contributed by atoms with Crippen LogP contribution in [-0.2, 0) is 11.2 Å². The fourth-order valence-electron chi connectivity index (χ4n) is 3.00. The van der Waals surface area contributed by atoms with E-state index in [1.807, 2.05) is 17.0 Å². The summed E-state index contributed by atoms with van der Waals surface area (Å²) in [7, 11) is 0. The molecule has 0 aromatic heterocycles. The fourth-order valence-corrected chi connectivity index (χ4v) is 3.00. The molecule has 2 aliphatic heterocycles. The minimum atomic E-state index is 0.0777. The molecule has 3 rings (SSSR count). The summed E-state index contributed by atoms with van der Waals surface area (Å²) < 4.78 is 0. The van der Waals surface area contributed by atoms with Gasteiger partial charge in [-0.05, 0) is 17.5 Å². The van der Waals surface area contributed by atoms with Gasteiger partial charge in [-0.2, -0.15) is 0 Å². The highest BCUT2D eigenvalue weighted by atomic mass is 16.3. The molecule has 0 bridgehead atoms. The molecule has 2 atom stereocenters. The van der Waals surface area contributed by atoms with Crippen LogP contribution in [0.5, 0.6) is 0 Å². The van der Waals surface area contributed by atoms with Crippen LogP contribution in [0.15, 0.2) is 24.3 Å². The minimum absolute atomic E-state index is 0.0777. The third-order valence-electron chi connectivity index (χ3n) is 3.77. The van der Waals surface area contributed by atoms with E-state index in [0.717, 1.165) is 13.0 Å². The van der Waals surface area contributed by atoms with E-state index in [1.54, 1.807) is 0 Å². The van der Waals surface area contributed by atoms with Crippen LogP contribution in [0.4, 0.5) is 0 Å². The third kappa shape index (κ3) is 1.28. The summed E-state index contributed by atoms with van der Waals surface area (Å²) in [5.74, 6) is 0.271. The monoisotopic (exact) mass is 217 g/mol. The van der Waals surface area contributed by atoms with E-state index in [9.17, 15) is 9.90 Å². The Kier molecular flexibility index (Phi) is 2.21. The number of hydrogen-bond donors (Lipinski definition) is 1. The van der Waals surface area contributed by atoms with Crippen molar-refractivity contribution in [3.05, 3.63) is 35.4 Å². The molecule has 1 aromatic rings. The second kappa shape index (κ2) is 3.59. The van der Waals surface area contributed by atoms with Crippen molar-refractivity contribution >= 4 is 5.91 Å². The van der Waals surface area contributed by atoms with Crippen molar-refractivity contribution < 1.29 is 9.90 Å². The van der Waals surface area contributed by atoms with Crippen molar-refractivity contribution in [2.75, 3.05) is 13.2 Å². The zero-order chi connectivity index (χ0) is 11.1. The van der Waals surface area contributed by atoms with Crippen LogP contribution in [0.3, 0.4) is 0 Å². The Balaban J connectivity index is 2.06. The lowest BCUT2D eigenvalue weighted by Crippen LogP contribution is -2.35. The van der Waals surface area contributed by atoms with Gasteiger partial charge in [0, 0.05) is 25.5 Å². The van der Waals surface area contributed by atoms with Gasteiger partial charge >= 0.3 is 0 Å². The van der Waals surface area contributed by atoms with Gasteiger partial charge < -0.3 is 10.0 Å². The van der Waals surface area contributed by atoms with E-state index in [-0.39, 0.29) is 24.5 Å². The van der Waals surface area contributed by atoms with Crippen molar-refractivity contribution in [3.63, 3.8) is 0 Å². The van der Waals surface area contributed by atoms with E-state index < -0.39 is 0 Å². The summed E-state index contributed by atoms with van der Waals surface area (Å²) in [6, 6.07) is 8.39. The molecule has 3 heteroatoms. The number of carbonyl (C=O) groups excluding carboxylic acids is 1. The molecule has 2 aliphatic rings. The maximum atomic E-state index is 11.8. The Morgan fingerprint density at radius 2 is 2.19 bits per heavy atom. The molecule has 1 amide bonds. The predicted octanol–water partition coefficient (Wildman–Crippen LogP) is 1.12. The molecule has 2 heterocycles. The highest BCUT2D eigenvalue weighted by Crippen LogP contribution is 2.41. The third-order valence-corrected chi connectivity index (χ3v) is 3.77. The first-order valence-electron chi connectivity index (χ1n) is 5.79. The molecule has 3 nitrogen and oxygen atoms in total. The second-order valence-corrected chi connectivity index (χ2v) is 4.63. The Morgan fingerprint density at radius 1 is 1.38 bits per heavy atom. The summed E-state index contributed by atoms with van der Waals surface area (Å²) in [4.78, 5) is 13.7. The first-order chi connectivity index (χ1) is 7.81. The first-order valence-corrected chi connectivity index (χ1v) is 5.79. The predicted molar refractivity (Wildman–Crippen MR) is 59.8 cm³/mol. The highest BCUT2D eigenvalue weighted by Gasteiger charge is 2.42. The molecule has 1 N–H and O–H groups in total. The number of rotatable bonds is 1. The van der Waals surface area contributed by atoms with Crippen molar-refractivity contribution in [2.24, 2.45) is 5.92 Å². The van der Waals surface area contributed by atoms with Gasteiger partial charge in [-0.25, -0.2) is 0 Å². The zero-order valence-corrected chi connectivity index (χ0v) is 9.10. The second-order valence-electron chi connectivity index (χ2n) is 4.63. The maximum absolute atomic E-state index is 11.8. The van der Waals surface area contributed by atoms with E-state index >= 15 is 0 Å². The number of nitrogens with zero attached hydrogens (tertiary/aromatic N) is 1. The van der Waals surface area contributed by atoms with Gasteiger partial charge in [0.05, 0.1) is 6.04 Å². The number of fused-ring (bicyclic) bond motifs is 3. The van der Waals surface area contributed by atoms with Crippen LogP contribution in [0.25, 0.3) is 0 Å². The van der Waals surface area contributed by atoms with Gasteiger partial charge in [0.1, 0.15) is 0 Å². The summed E-state index contributed by atoms with van der Waals surface area (Å²) in [5.41, 5.74) is 2.57. The van der Waals surface area contributed by atoms with Gasteiger partial charge in [0.2, 0.25) is 5.91 Å². The van der Waals surface area contributed by atoms with Gasteiger partial charge in [0.25, 0.3) is 0 Å². The molecule has 0 saturated carbocycles. The number of hydrogen-bond acceptors (Lipinski definition) is 2. The molecule has 2 unspecified atom stereocenters. The van der Waals surface area contributed by atoms with Gasteiger partial charge in [-0.1, -0.05) is 24.3 Å². The number of aliphatic hydroxyl groups excluding tert-OH is 1. The van der Waals surface area contributed by atoms with E-state index in [2.05, 4.69) is 12.1 Å². The lowest BCUT2D eigenvalue weighted by molar-refractivity contribution is -0.129. The quantitative estimate of drug-likeness (QED) is 0.766. The van der Waals surface area contributed by atoms with Gasteiger partial charge in [0.15, 0.2) is 0 Å². The Bertz CT molecular complexity index is 430. The minimum Gasteiger partial charge on any atom is -0.396 e. The van der Waals surface area contributed by atoms with E-state index in [4.69, 9.17) is 0 Å². The largest absolute Gasteiger partial charge is 0.396 e. The smallest absolute Gasteiger partial charge is 0.223 e. The van der Waals surface area contributed by atoms with Crippen molar-refractivity contribution in [2.45, 2.75) is 18.9 Å². The molecule has 1 saturated heterocycles. The molecule has 0 spiro atoms. The van der Waals surface area contributed by atoms with Crippen molar-refractivity contribution in [3.8, 4) is 0 Å². The number of carbonyl (C=O) groups is 1. The molecule has 1 aromatic carbocycles. The first kappa shape index (κ1) is 9.85. The Morgan fingerprint density at radius 3 is 3.00 bits per heavy atom. The van der Waals surface area contributed by atoms with E-state index in [0.29, 0.717) is 6.42 Å². The lowest BCUT2D eigenvalue weighted by Gasteiger charge is -2.34. The molecule has 1 fully saturated rings. The van der Waals surface area contributed by atoms with Crippen LogP contribution in [0, 0.1) is 5.92 Å². The van der Waals surface area contributed by atoms with Crippen LogP contribution in [0.2, 0.25) is 0 Å². The molecular formula is C13H15NO2. The number of benzene rings is 1. The zero-order valence-electron chi connectivity index (χ0n) is 9.10. The Hall–Kier alpha value is -1.35. The summed E-state index contributed by atoms with van der Waals surface area (Å²) >= 11 is 0. The molecule has 16 heavy (non-hydrogen) atoms. The van der Waals surface area contributed by atoms with Crippen LogP contribution < -0.4 is 0 Å². The highest BCUT2D eigenvalue weighted by molar-refractivity contribution is 5.80. The standard InChI is InChI=1S/C13H15NO2/c15-8-10-7-12(16)14-6-5-9-3-1-2-4-11(9)13(10)14/h1-4,10,13,15H,5-8H2. The van der Waals surface area contributed by atoms with Crippen molar-refractivity contribution in [1.82, 2.24) is 4.90 Å². The molecular weight excluding hydrogens is 202 g/mol. The van der Waals surface area contributed by atoms with Crippen molar-refractivity contribution in [1.29, 1.82) is 0 Å². The summed E-state index contributed by atoms with van der Waals surface area (Å²) in [6.07, 6.45) is 1.44. The Labute approximate surface area is 94.7 Å². The molecule has 84 valence electrons. The summed E-state index contributed by atoms with van der Waals surface area (Å²) in [6.45, 7) is 0.901. The van der Waals surface area contributed by atoms with Crippen LogP contribution in [0.1, 0.15) is 23.6 Å². The maximum Gasteiger partial charge on any atom is 0.223 e. The molecule has 0 radical (unpaired) electrons. The average Bonchev–Trinajstić information content (AvgIpc) is 2.66.